The molecule has 2 nitrogen and oxygen atoms in total. The Kier molecular flexibility index (Phi) is 1.99. The van der Waals surface area contributed by atoms with E-state index < -0.39 is 0 Å². The van der Waals surface area contributed by atoms with Crippen LogP contribution in [-0.2, 0) is 0 Å². The van der Waals surface area contributed by atoms with Crippen molar-refractivity contribution in [3.8, 4) is 11.1 Å². The molecular formula is C17H13NO. The number of carbonyl (C=O) groups excluding carboxylic acids is 1. The van der Waals surface area contributed by atoms with Crippen molar-refractivity contribution in [1.82, 2.24) is 4.90 Å². The average Bonchev–Trinajstić information content (AvgIpc) is 2.45. The predicted octanol–water partition coefficient (Wildman–Crippen LogP) is 1.38. The van der Waals surface area contributed by atoms with Gasteiger partial charge < -0.3 is 4.90 Å². The van der Waals surface area contributed by atoms with E-state index in [1.54, 1.807) is 0 Å². The van der Waals surface area contributed by atoms with Gasteiger partial charge in [-0.15, -0.1) is 0 Å². The van der Waals surface area contributed by atoms with Crippen molar-refractivity contribution < 1.29 is 4.79 Å². The van der Waals surface area contributed by atoms with Crippen molar-refractivity contribution in [2.45, 2.75) is 0 Å². The Labute approximate surface area is 111 Å². The maximum absolute atomic E-state index is 12.7. The molecule has 1 heterocycles. The molecule has 4 rings (SSSR count). The van der Waals surface area contributed by atoms with Gasteiger partial charge in [0.05, 0.1) is 5.70 Å². The Balaban J connectivity index is 2.27. The molecule has 2 aromatic rings. The molecule has 92 valence electrons. The molecule has 2 aromatic carbocycles. The smallest absolute Gasteiger partial charge is 0.210 e. The Morgan fingerprint density at radius 3 is 2.53 bits per heavy atom. The van der Waals surface area contributed by atoms with Crippen LogP contribution < -0.4 is 10.4 Å². The maximum Gasteiger partial charge on any atom is 0.210 e. The van der Waals surface area contributed by atoms with Gasteiger partial charge in [-0.3, -0.25) is 4.79 Å². The summed E-state index contributed by atoms with van der Waals surface area (Å²) < 4.78 is 0. The molecule has 0 radical (unpaired) electrons. The molecule has 0 saturated heterocycles. The highest BCUT2D eigenvalue weighted by Gasteiger charge is 2.27. The van der Waals surface area contributed by atoms with Gasteiger partial charge in [0, 0.05) is 24.4 Å². The average molecular weight is 247 g/mol. The largest absolute Gasteiger partial charge is 0.367 e. The van der Waals surface area contributed by atoms with Gasteiger partial charge in [0.1, 0.15) is 0 Å². The van der Waals surface area contributed by atoms with E-state index in [-0.39, 0.29) is 5.78 Å². The molecule has 0 saturated carbocycles. The fourth-order valence-corrected chi connectivity index (χ4v) is 3.08. The number of nitrogens with zero attached hydrogens (tertiary/aromatic N) is 1. The number of rotatable bonds is 0. The third-order valence-corrected chi connectivity index (χ3v) is 3.98. The highest BCUT2D eigenvalue weighted by Crippen LogP contribution is 2.28. The lowest BCUT2D eigenvalue weighted by molar-refractivity contribution is 0.103. The van der Waals surface area contributed by atoms with Crippen LogP contribution in [0.4, 0.5) is 0 Å². The molecule has 0 unspecified atom stereocenters. The van der Waals surface area contributed by atoms with Crippen LogP contribution in [0.25, 0.3) is 22.9 Å². The molecule has 1 aliphatic heterocycles. The minimum absolute atomic E-state index is 0.145. The van der Waals surface area contributed by atoms with Crippen molar-refractivity contribution >= 4 is 17.6 Å². The van der Waals surface area contributed by atoms with E-state index in [2.05, 4.69) is 24.3 Å². The molecule has 0 aromatic heterocycles. The van der Waals surface area contributed by atoms with Gasteiger partial charge >= 0.3 is 0 Å². The van der Waals surface area contributed by atoms with Crippen LogP contribution in [0.15, 0.2) is 42.5 Å². The summed E-state index contributed by atoms with van der Waals surface area (Å²) in [6.45, 7) is 0.791. The molecule has 19 heavy (non-hydrogen) atoms. The fraction of sp³-hybridized carbons (Fsp3) is 0.118. The van der Waals surface area contributed by atoms with Gasteiger partial charge in [0.25, 0.3) is 0 Å². The molecular weight excluding hydrogens is 234 g/mol. The Bertz CT molecular complexity index is 833. The van der Waals surface area contributed by atoms with Crippen LogP contribution in [0.5, 0.6) is 0 Å². The predicted molar refractivity (Wildman–Crippen MR) is 76.0 cm³/mol. The number of likely N-dealkylation sites (N-methyl/N-ethyl adjacent to an activating group) is 1. The summed E-state index contributed by atoms with van der Waals surface area (Å²) in [6, 6.07) is 14.2. The minimum atomic E-state index is 0.145. The summed E-state index contributed by atoms with van der Waals surface area (Å²) >= 11 is 0. The molecule has 0 fully saturated rings. The third-order valence-electron chi connectivity index (χ3n) is 3.98. The highest BCUT2D eigenvalue weighted by molar-refractivity contribution is 6.28. The van der Waals surface area contributed by atoms with Crippen molar-refractivity contribution in [3.05, 3.63) is 58.5 Å². The summed E-state index contributed by atoms with van der Waals surface area (Å²) in [5, 5.41) is 2.27. The van der Waals surface area contributed by atoms with Crippen molar-refractivity contribution in [1.29, 1.82) is 0 Å². The molecule has 0 atom stereocenters. The van der Waals surface area contributed by atoms with Crippen LogP contribution in [0.1, 0.15) is 10.4 Å². The first-order valence-electron chi connectivity index (χ1n) is 6.46. The summed E-state index contributed by atoms with van der Waals surface area (Å²) in [5.41, 5.74) is 3.88. The normalized spacial score (nSPS) is 15.7. The summed E-state index contributed by atoms with van der Waals surface area (Å²) in [6.07, 6.45) is 2.18. The first kappa shape index (κ1) is 10.6. The van der Waals surface area contributed by atoms with E-state index in [0.29, 0.717) is 0 Å². The fourth-order valence-electron chi connectivity index (χ4n) is 3.08. The van der Waals surface area contributed by atoms with E-state index in [1.165, 1.54) is 10.8 Å². The van der Waals surface area contributed by atoms with Crippen LogP contribution in [-0.4, -0.2) is 24.3 Å². The van der Waals surface area contributed by atoms with Crippen LogP contribution in [0, 0.1) is 0 Å². The molecule has 0 bridgehead atoms. The zero-order chi connectivity index (χ0) is 13.0. The molecule has 2 aliphatic rings. The summed E-state index contributed by atoms with van der Waals surface area (Å²) in [7, 11) is 1.98. The Hall–Kier alpha value is -2.35. The van der Waals surface area contributed by atoms with E-state index >= 15 is 0 Å². The molecule has 0 N–H and O–H groups in total. The lowest BCUT2D eigenvalue weighted by atomic mass is 9.86. The number of benzene rings is 2. The molecule has 2 heteroatoms. The van der Waals surface area contributed by atoms with E-state index in [0.717, 1.165) is 28.6 Å². The number of Topliss-reactive ketones (excluding diaryl/α,β-unsaturated/α-hetero) is 1. The number of ketones is 1. The zero-order valence-electron chi connectivity index (χ0n) is 10.7. The summed E-state index contributed by atoms with van der Waals surface area (Å²) in [5.74, 6) is 0.145. The quantitative estimate of drug-likeness (QED) is 0.701. The van der Waals surface area contributed by atoms with Crippen LogP contribution >= 0.6 is 0 Å². The number of hydrogen-bond acceptors (Lipinski definition) is 2. The van der Waals surface area contributed by atoms with E-state index in [1.807, 2.05) is 36.2 Å². The number of carbonyl (C=O) groups is 1. The van der Waals surface area contributed by atoms with Gasteiger partial charge in [0.2, 0.25) is 5.78 Å². The van der Waals surface area contributed by atoms with Crippen molar-refractivity contribution in [3.63, 3.8) is 0 Å². The second-order valence-electron chi connectivity index (χ2n) is 5.08. The third kappa shape index (κ3) is 1.28. The van der Waals surface area contributed by atoms with Gasteiger partial charge in [-0.25, -0.2) is 0 Å². The summed E-state index contributed by atoms with van der Waals surface area (Å²) in [4.78, 5) is 14.8. The molecule has 0 spiro atoms. The number of hydrogen-bond donors (Lipinski definition) is 0. The first-order chi connectivity index (χ1) is 9.27. The lowest BCUT2D eigenvalue weighted by Gasteiger charge is -2.28. The van der Waals surface area contributed by atoms with Crippen molar-refractivity contribution in [2.75, 3.05) is 13.6 Å². The lowest BCUT2D eigenvalue weighted by Crippen LogP contribution is -2.44. The van der Waals surface area contributed by atoms with Crippen molar-refractivity contribution in [2.24, 2.45) is 0 Å². The number of fused-ring (bicyclic) bond motifs is 2. The second-order valence-corrected chi connectivity index (χ2v) is 5.08. The minimum Gasteiger partial charge on any atom is -0.367 e. The Morgan fingerprint density at radius 1 is 0.947 bits per heavy atom. The molecule has 0 amide bonds. The SMILES string of the molecule is CN1CC=c2cccc3c2=C1C(=O)c1ccccc1-3. The zero-order valence-corrected chi connectivity index (χ0v) is 10.7. The topological polar surface area (TPSA) is 20.3 Å². The standard InChI is InChI=1S/C17H13NO/c1-18-10-9-11-5-4-8-13-12-6-2-3-7-14(12)17(19)16(18)15(11)13/h2-9H,10H2,1H3. The van der Waals surface area contributed by atoms with Gasteiger partial charge in [-0.05, 0) is 16.3 Å². The highest BCUT2D eigenvalue weighted by atomic mass is 16.1. The monoisotopic (exact) mass is 247 g/mol. The van der Waals surface area contributed by atoms with Crippen LogP contribution in [0.2, 0.25) is 0 Å². The molecule has 1 aliphatic carbocycles. The van der Waals surface area contributed by atoms with E-state index in [4.69, 9.17) is 0 Å². The van der Waals surface area contributed by atoms with Crippen LogP contribution in [0.3, 0.4) is 0 Å². The maximum atomic E-state index is 12.7. The Morgan fingerprint density at radius 2 is 1.68 bits per heavy atom. The van der Waals surface area contributed by atoms with Gasteiger partial charge in [-0.2, -0.15) is 0 Å². The second kappa shape index (κ2) is 3.58. The van der Waals surface area contributed by atoms with Gasteiger partial charge in [0.15, 0.2) is 0 Å². The van der Waals surface area contributed by atoms with Gasteiger partial charge in [-0.1, -0.05) is 48.5 Å². The van der Waals surface area contributed by atoms with E-state index in [9.17, 15) is 4.79 Å². The first-order valence-corrected chi connectivity index (χ1v) is 6.46.